The zero-order valence-corrected chi connectivity index (χ0v) is 19.6. The van der Waals surface area contributed by atoms with Gasteiger partial charge in [0.15, 0.2) is 12.4 Å². The van der Waals surface area contributed by atoms with E-state index in [-0.39, 0.29) is 0 Å². The van der Waals surface area contributed by atoms with Crippen LogP contribution in [0.3, 0.4) is 0 Å². The second-order valence-corrected chi connectivity index (χ2v) is 8.40. The predicted molar refractivity (Wildman–Crippen MR) is 129 cm³/mol. The van der Waals surface area contributed by atoms with Gasteiger partial charge in [-0.2, -0.15) is 0 Å². The lowest BCUT2D eigenvalue weighted by Gasteiger charge is -2.28. The zero-order valence-electron chi connectivity index (χ0n) is 19.6. The first kappa shape index (κ1) is 23.3. The minimum absolute atomic E-state index is 0.396. The number of esters is 1. The average molecular weight is 461 g/mol. The van der Waals surface area contributed by atoms with Crippen molar-refractivity contribution in [2.24, 2.45) is 7.05 Å². The number of benzene rings is 2. The minimum atomic E-state index is -0.537. The van der Waals surface area contributed by atoms with Crippen molar-refractivity contribution in [3.8, 4) is 0 Å². The van der Waals surface area contributed by atoms with Crippen LogP contribution in [0.25, 0.3) is 0 Å². The van der Waals surface area contributed by atoms with Gasteiger partial charge < -0.3 is 19.3 Å². The fourth-order valence-electron chi connectivity index (χ4n) is 4.20. The molecule has 176 valence electrons. The van der Waals surface area contributed by atoms with E-state index in [0.29, 0.717) is 12.1 Å². The highest BCUT2D eigenvalue weighted by molar-refractivity contribution is 5.88. The number of hydrogen-bond acceptors (Lipinski definition) is 5. The Hall–Kier alpha value is -3.87. The zero-order chi connectivity index (χ0) is 23.9. The molecule has 0 saturated carbocycles. The topological polar surface area (TPSA) is 63.0 Å². The Morgan fingerprint density at radius 2 is 1.59 bits per heavy atom. The molecule has 3 aromatic rings. The van der Waals surface area contributed by atoms with E-state index >= 15 is 0 Å². The van der Waals surface area contributed by atoms with Crippen LogP contribution in [0.2, 0.25) is 0 Å². The monoisotopic (exact) mass is 460 g/mol. The van der Waals surface area contributed by atoms with Crippen molar-refractivity contribution in [1.29, 1.82) is 0 Å². The van der Waals surface area contributed by atoms with Crippen molar-refractivity contribution in [2.45, 2.75) is 19.3 Å². The molecule has 0 radical (unpaired) electrons. The van der Waals surface area contributed by atoms with Crippen LogP contribution in [-0.4, -0.2) is 43.9 Å². The summed E-state index contributed by atoms with van der Waals surface area (Å²) in [5.74, 6) is -0.537. The molecule has 34 heavy (non-hydrogen) atoms. The lowest BCUT2D eigenvalue weighted by molar-refractivity contribution is -0.671. The number of rotatable bonds is 7. The highest BCUT2D eigenvalue weighted by Gasteiger charge is 2.20. The van der Waals surface area contributed by atoms with Crippen molar-refractivity contribution < 1.29 is 23.6 Å². The standard InChI is InChI=1S/C27H30N3O4/c1-28-16-7-11-23(19-28)26(31)33-20-34-27(32)29(2)17-8-18-30-24-12-5-3-9-21(24)14-15-22-10-4-6-13-25(22)30/h3-7,9-13,16,19H,8,14-15,17-18,20H2,1-2H3/q+1. The SMILES string of the molecule is CN(CCCN1c2ccccc2CCc2ccccc21)C(=O)OCOC(=O)c1ccc[n+](C)c1. The molecule has 4 rings (SSSR count). The summed E-state index contributed by atoms with van der Waals surface area (Å²) >= 11 is 0. The number of nitrogens with zero attached hydrogens (tertiary/aromatic N) is 3. The number of carbonyl (C=O) groups is 2. The molecule has 2 aromatic carbocycles. The van der Waals surface area contributed by atoms with E-state index in [9.17, 15) is 9.59 Å². The van der Waals surface area contributed by atoms with Crippen molar-refractivity contribution >= 4 is 23.4 Å². The number of ether oxygens (including phenoxy) is 2. The number of aromatic nitrogens is 1. The molecule has 0 unspecified atom stereocenters. The van der Waals surface area contributed by atoms with E-state index in [0.717, 1.165) is 25.8 Å². The third-order valence-corrected chi connectivity index (χ3v) is 5.96. The van der Waals surface area contributed by atoms with Gasteiger partial charge in [-0.05, 0) is 48.6 Å². The molecule has 0 bridgehead atoms. The number of pyridine rings is 1. The number of anilines is 2. The molecular formula is C27H30N3O4+. The summed E-state index contributed by atoms with van der Waals surface area (Å²) in [4.78, 5) is 28.3. The van der Waals surface area contributed by atoms with Crippen LogP contribution in [0.5, 0.6) is 0 Å². The van der Waals surface area contributed by atoms with Gasteiger partial charge in [0.2, 0.25) is 6.79 Å². The molecule has 0 fully saturated rings. The van der Waals surface area contributed by atoms with Gasteiger partial charge in [0.05, 0.1) is 0 Å². The third-order valence-electron chi connectivity index (χ3n) is 5.96. The molecule has 7 nitrogen and oxygen atoms in total. The Kier molecular flexibility index (Phi) is 7.42. The van der Waals surface area contributed by atoms with E-state index < -0.39 is 18.9 Å². The molecule has 2 heterocycles. The van der Waals surface area contributed by atoms with Gasteiger partial charge >= 0.3 is 12.1 Å². The molecule has 1 aromatic heterocycles. The van der Waals surface area contributed by atoms with Gasteiger partial charge in [-0.25, -0.2) is 14.2 Å². The fraction of sp³-hybridized carbons (Fsp3) is 0.296. The largest absolute Gasteiger partial charge is 0.424 e. The summed E-state index contributed by atoms with van der Waals surface area (Å²) in [7, 11) is 3.50. The summed E-state index contributed by atoms with van der Waals surface area (Å²) < 4.78 is 11.9. The number of hydrogen-bond donors (Lipinski definition) is 0. The maximum Gasteiger partial charge on any atom is 0.412 e. The average Bonchev–Trinajstić information content (AvgIpc) is 3.01. The predicted octanol–water partition coefficient (Wildman–Crippen LogP) is 4.02. The smallest absolute Gasteiger partial charge is 0.412 e. The number of para-hydroxylation sites is 2. The lowest BCUT2D eigenvalue weighted by Crippen LogP contribution is -2.32. The Morgan fingerprint density at radius 1 is 0.941 bits per heavy atom. The second kappa shape index (κ2) is 10.8. The first-order valence-corrected chi connectivity index (χ1v) is 11.5. The highest BCUT2D eigenvalue weighted by atomic mass is 16.7. The molecule has 1 aliphatic rings. The van der Waals surface area contributed by atoms with Gasteiger partial charge in [0.25, 0.3) is 0 Å². The summed E-state index contributed by atoms with van der Waals surface area (Å²) in [5.41, 5.74) is 5.51. The minimum Gasteiger partial charge on any atom is -0.424 e. The molecule has 0 spiro atoms. The highest BCUT2D eigenvalue weighted by Crippen LogP contribution is 2.35. The van der Waals surface area contributed by atoms with Crippen molar-refractivity contribution in [1.82, 2.24) is 4.90 Å². The number of fused-ring (bicyclic) bond motifs is 2. The van der Waals surface area contributed by atoms with Crippen LogP contribution < -0.4 is 9.47 Å². The molecule has 1 aliphatic heterocycles. The first-order chi connectivity index (χ1) is 16.5. The van der Waals surface area contributed by atoms with E-state index in [4.69, 9.17) is 9.47 Å². The lowest BCUT2D eigenvalue weighted by atomic mass is 10.0. The summed E-state index contributed by atoms with van der Waals surface area (Å²) in [6, 6.07) is 20.4. The summed E-state index contributed by atoms with van der Waals surface area (Å²) in [6.07, 6.45) is 5.72. The fourth-order valence-corrected chi connectivity index (χ4v) is 4.20. The van der Waals surface area contributed by atoms with E-state index in [1.165, 1.54) is 27.4 Å². The Morgan fingerprint density at radius 3 is 2.24 bits per heavy atom. The van der Waals surface area contributed by atoms with Crippen LogP contribution in [0.15, 0.2) is 73.1 Å². The van der Waals surface area contributed by atoms with Crippen LogP contribution >= 0.6 is 0 Å². The molecule has 0 N–H and O–H groups in total. The molecular weight excluding hydrogens is 430 g/mol. The van der Waals surface area contributed by atoms with Crippen molar-refractivity contribution in [2.75, 3.05) is 31.8 Å². The molecule has 7 heteroatoms. The van der Waals surface area contributed by atoms with E-state index in [2.05, 4.69) is 53.4 Å². The number of carbonyl (C=O) groups excluding carboxylic acids is 2. The maximum atomic E-state index is 12.3. The summed E-state index contributed by atoms with van der Waals surface area (Å²) in [6.45, 7) is 0.862. The van der Waals surface area contributed by atoms with Crippen LogP contribution in [0.4, 0.5) is 16.2 Å². The Labute approximate surface area is 200 Å². The first-order valence-electron chi connectivity index (χ1n) is 11.5. The quantitative estimate of drug-likeness (QED) is 0.303. The van der Waals surface area contributed by atoms with Crippen LogP contribution in [0, 0.1) is 0 Å². The molecule has 0 atom stereocenters. The molecule has 1 amide bonds. The third kappa shape index (κ3) is 5.54. The normalized spacial score (nSPS) is 12.2. The Balaban J connectivity index is 1.29. The van der Waals surface area contributed by atoms with Crippen molar-refractivity contribution in [3.63, 3.8) is 0 Å². The van der Waals surface area contributed by atoms with Gasteiger partial charge in [-0.15, -0.1) is 0 Å². The molecule has 0 saturated heterocycles. The Bertz CT molecular complexity index is 1120. The number of amides is 1. The second-order valence-electron chi connectivity index (χ2n) is 8.40. The van der Waals surface area contributed by atoms with Gasteiger partial charge in [-0.1, -0.05) is 36.4 Å². The number of aryl methyl sites for hydroxylation is 3. The van der Waals surface area contributed by atoms with Gasteiger partial charge in [0, 0.05) is 37.6 Å². The molecule has 0 aliphatic carbocycles. The van der Waals surface area contributed by atoms with Crippen molar-refractivity contribution in [3.05, 3.63) is 89.7 Å². The van der Waals surface area contributed by atoms with Crippen LogP contribution in [-0.2, 0) is 29.4 Å². The van der Waals surface area contributed by atoms with E-state index in [1.807, 2.05) is 13.2 Å². The van der Waals surface area contributed by atoms with Crippen LogP contribution in [0.1, 0.15) is 27.9 Å². The van der Waals surface area contributed by atoms with E-state index in [1.54, 1.807) is 29.9 Å². The maximum absolute atomic E-state index is 12.3. The van der Waals surface area contributed by atoms with Gasteiger partial charge in [0.1, 0.15) is 12.6 Å². The summed E-state index contributed by atoms with van der Waals surface area (Å²) in [5, 5.41) is 0. The van der Waals surface area contributed by atoms with Gasteiger partial charge in [-0.3, -0.25) is 0 Å².